The van der Waals surface area contributed by atoms with E-state index in [2.05, 4.69) is 5.32 Å². The molecule has 2 amide bonds. The summed E-state index contributed by atoms with van der Waals surface area (Å²) in [5, 5.41) is 4.22. The highest BCUT2D eigenvalue weighted by Gasteiger charge is 2.29. The van der Waals surface area contributed by atoms with Gasteiger partial charge in [-0.1, -0.05) is 6.42 Å². The summed E-state index contributed by atoms with van der Waals surface area (Å²) in [4.78, 5) is 35.1. The summed E-state index contributed by atoms with van der Waals surface area (Å²) in [6.07, 6.45) is 1.33. The topological polar surface area (TPSA) is 84.5 Å². The summed E-state index contributed by atoms with van der Waals surface area (Å²) in [6.45, 7) is 0.807. The molecule has 1 aromatic carbocycles. The van der Waals surface area contributed by atoms with Crippen molar-refractivity contribution in [3.05, 3.63) is 29.6 Å². The Morgan fingerprint density at radius 3 is 2.48 bits per heavy atom. The van der Waals surface area contributed by atoms with Gasteiger partial charge in [0.05, 0.1) is 18.2 Å². The molecule has 0 saturated heterocycles. The first-order valence-corrected chi connectivity index (χ1v) is 7.71. The van der Waals surface area contributed by atoms with E-state index < -0.39 is 53.6 Å². The Morgan fingerprint density at radius 1 is 1.20 bits per heavy atom. The van der Waals surface area contributed by atoms with Crippen LogP contribution in [-0.2, 0) is 19.1 Å². The number of benzene rings is 1. The summed E-state index contributed by atoms with van der Waals surface area (Å²) in [5.74, 6) is -6.83. The largest absolute Gasteiger partial charge is 0.452 e. The minimum absolute atomic E-state index is 0.185. The first-order valence-electron chi connectivity index (χ1n) is 7.71. The Morgan fingerprint density at radius 2 is 1.88 bits per heavy atom. The molecule has 0 heterocycles. The fourth-order valence-electron chi connectivity index (χ4n) is 2.10. The van der Waals surface area contributed by atoms with Crippen LogP contribution in [0.2, 0.25) is 0 Å². The van der Waals surface area contributed by atoms with Crippen molar-refractivity contribution in [3.8, 4) is 0 Å². The number of carbonyl (C=O) groups is 3. The van der Waals surface area contributed by atoms with E-state index >= 15 is 0 Å². The van der Waals surface area contributed by atoms with Crippen molar-refractivity contribution >= 4 is 23.5 Å². The van der Waals surface area contributed by atoms with Crippen molar-refractivity contribution in [1.82, 2.24) is 5.32 Å². The van der Waals surface area contributed by atoms with Gasteiger partial charge in [0.15, 0.2) is 23.6 Å². The van der Waals surface area contributed by atoms with Gasteiger partial charge in [-0.2, -0.15) is 0 Å². The Hall–Kier alpha value is -2.58. The highest BCUT2D eigenvalue weighted by molar-refractivity contribution is 5.95. The van der Waals surface area contributed by atoms with E-state index in [1.54, 1.807) is 0 Å². The monoisotopic (exact) mass is 358 g/mol. The van der Waals surface area contributed by atoms with E-state index in [1.165, 1.54) is 6.92 Å². The zero-order valence-electron chi connectivity index (χ0n) is 13.4. The molecule has 25 heavy (non-hydrogen) atoms. The van der Waals surface area contributed by atoms with Crippen LogP contribution in [0.3, 0.4) is 0 Å². The van der Waals surface area contributed by atoms with Gasteiger partial charge in [-0.25, -0.2) is 13.2 Å². The first-order chi connectivity index (χ1) is 11.8. The van der Waals surface area contributed by atoms with Crippen LogP contribution in [0.15, 0.2) is 12.1 Å². The van der Waals surface area contributed by atoms with Crippen LogP contribution in [0.25, 0.3) is 0 Å². The van der Waals surface area contributed by atoms with Crippen molar-refractivity contribution in [2.24, 2.45) is 5.92 Å². The number of anilines is 1. The third kappa shape index (κ3) is 4.71. The van der Waals surface area contributed by atoms with Gasteiger partial charge in [-0.15, -0.1) is 0 Å². The highest BCUT2D eigenvalue weighted by Crippen LogP contribution is 2.27. The van der Waals surface area contributed by atoms with E-state index in [-0.39, 0.29) is 5.92 Å². The van der Waals surface area contributed by atoms with Crippen LogP contribution >= 0.6 is 0 Å². The normalized spacial score (nSPS) is 15.0. The van der Waals surface area contributed by atoms with Gasteiger partial charge in [0.1, 0.15) is 0 Å². The summed E-state index contributed by atoms with van der Waals surface area (Å²) < 4.78 is 44.3. The standard InChI is InChI=1S/C16H17F3N2O4/c1-8(25-16(24)9-3-2-4-9)15(23)20-7-12(22)21-11-6-5-10(17)13(18)14(11)19/h5-6,8-9H,2-4,7H2,1H3,(H,20,23)(H,21,22)/t8-/m1/s1. The number of halogens is 3. The molecule has 2 rings (SSSR count). The van der Waals surface area contributed by atoms with Gasteiger partial charge in [0.25, 0.3) is 5.91 Å². The molecule has 0 unspecified atom stereocenters. The molecule has 0 aromatic heterocycles. The van der Waals surface area contributed by atoms with Gasteiger partial charge < -0.3 is 15.4 Å². The Kier molecular flexibility index (Phi) is 6.00. The fraction of sp³-hybridized carbons (Fsp3) is 0.438. The first kappa shape index (κ1) is 18.8. The van der Waals surface area contributed by atoms with Crippen LogP contribution in [0.1, 0.15) is 26.2 Å². The predicted molar refractivity (Wildman–Crippen MR) is 80.9 cm³/mol. The molecule has 0 radical (unpaired) electrons. The number of hydrogen-bond donors (Lipinski definition) is 2. The smallest absolute Gasteiger partial charge is 0.309 e. The molecule has 1 fully saturated rings. The number of rotatable bonds is 6. The second-order valence-electron chi connectivity index (χ2n) is 5.70. The van der Waals surface area contributed by atoms with E-state index in [9.17, 15) is 27.6 Å². The molecule has 0 bridgehead atoms. The maximum Gasteiger partial charge on any atom is 0.309 e. The van der Waals surface area contributed by atoms with Gasteiger partial charge in [-0.3, -0.25) is 14.4 Å². The van der Waals surface area contributed by atoms with Crippen LogP contribution in [0.5, 0.6) is 0 Å². The lowest BCUT2D eigenvalue weighted by molar-refractivity contribution is -0.161. The fourth-order valence-corrected chi connectivity index (χ4v) is 2.10. The van der Waals surface area contributed by atoms with Crippen LogP contribution < -0.4 is 10.6 Å². The molecule has 9 heteroatoms. The molecule has 136 valence electrons. The quantitative estimate of drug-likeness (QED) is 0.601. The molecular weight excluding hydrogens is 341 g/mol. The molecule has 1 saturated carbocycles. The second kappa shape index (κ2) is 8.00. The maximum absolute atomic E-state index is 13.4. The van der Waals surface area contributed by atoms with Gasteiger partial charge in [0.2, 0.25) is 5.91 Å². The maximum atomic E-state index is 13.4. The van der Waals surface area contributed by atoms with Crippen LogP contribution in [0, 0.1) is 23.4 Å². The molecule has 2 N–H and O–H groups in total. The Balaban J connectivity index is 1.80. The summed E-state index contributed by atoms with van der Waals surface area (Å²) >= 11 is 0. The van der Waals surface area contributed by atoms with Crippen LogP contribution in [-0.4, -0.2) is 30.4 Å². The lowest BCUT2D eigenvalue weighted by atomic mass is 9.86. The van der Waals surface area contributed by atoms with Crippen molar-refractivity contribution in [3.63, 3.8) is 0 Å². The van der Waals surface area contributed by atoms with Crippen molar-refractivity contribution in [2.45, 2.75) is 32.3 Å². The summed E-state index contributed by atoms with van der Waals surface area (Å²) in [6, 6.07) is 1.52. The number of esters is 1. The van der Waals surface area contributed by atoms with Gasteiger partial charge in [-0.05, 0) is 31.9 Å². The molecule has 1 aromatic rings. The average Bonchev–Trinajstić information content (AvgIpc) is 2.51. The Bertz CT molecular complexity index is 692. The highest BCUT2D eigenvalue weighted by atomic mass is 19.2. The molecule has 0 spiro atoms. The SMILES string of the molecule is C[C@@H](OC(=O)C1CCC1)C(=O)NCC(=O)Nc1ccc(F)c(F)c1F. The second-order valence-corrected chi connectivity index (χ2v) is 5.70. The van der Waals surface area contributed by atoms with Gasteiger partial charge >= 0.3 is 5.97 Å². The predicted octanol–water partition coefficient (Wildman–Crippen LogP) is 1.89. The molecule has 1 atom stereocenters. The van der Waals surface area contributed by atoms with E-state index in [1.807, 2.05) is 5.32 Å². The lowest BCUT2D eigenvalue weighted by Gasteiger charge is -2.24. The van der Waals surface area contributed by atoms with Crippen molar-refractivity contribution < 1.29 is 32.3 Å². The minimum atomic E-state index is -1.71. The van der Waals surface area contributed by atoms with Crippen molar-refractivity contribution in [1.29, 1.82) is 0 Å². The van der Waals surface area contributed by atoms with Crippen molar-refractivity contribution in [2.75, 3.05) is 11.9 Å². The van der Waals surface area contributed by atoms with E-state index in [0.717, 1.165) is 25.3 Å². The minimum Gasteiger partial charge on any atom is -0.452 e. The molecule has 1 aliphatic rings. The average molecular weight is 358 g/mol. The Labute approximate surface area is 141 Å². The zero-order chi connectivity index (χ0) is 18.6. The number of ether oxygens (including phenoxy) is 1. The molecule has 1 aliphatic carbocycles. The third-order valence-electron chi connectivity index (χ3n) is 3.83. The van der Waals surface area contributed by atoms with E-state index in [4.69, 9.17) is 4.74 Å². The summed E-state index contributed by atoms with van der Waals surface area (Å²) in [7, 11) is 0. The molecular formula is C16H17F3N2O4. The van der Waals surface area contributed by atoms with Gasteiger partial charge in [0, 0.05) is 0 Å². The molecule has 0 aliphatic heterocycles. The number of hydrogen-bond acceptors (Lipinski definition) is 4. The number of nitrogens with one attached hydrogen (secondary N) is 2. The van der Waals surface area contributed by atoms with Crippen LogP contribution in [0.4, 0.5) is 18.9 Å². The lowest BCUT2D eigenvalue weighted by Crippen LogP contribution is -2.41. The van der Waals surface area contributed by atoms with E-state index in [0.29, 0.717) is 6.07 Å². The molecule has 6 nitrogen and oxygen atoms in total. The zero-order valence-corrected chi connectivity index (χ0v) is 13.4. The summed E-state index contributed by atoms with van der Waals surface area (Å²) in [5.41, 5.74) is -0.553. The number of amides is 2. The number of carbonyl (C=O) groups excluding carboxylic acids is 3. The third-order valence-corrected chi connectivity index (χ3v) is 3.83.